The van der Waals surface area contributed by atoms with Crippen molar-refractivity contribution in [1.29, 1.82) is 0 Å². The van der Waals surface area contributed by atoms with E-state index in [0.717, 1.165) is 5.69 Å². The van der Waals surface area contributed by atoms with Crippen molar-refractivity contribution < 1.29 is 9.90 Å². The van der Waals surface area contributed by atoms with Gasteiger partial charge in [0, 0.05) is 10.7 Å². The van der Waals surface area contributed by atoms with Gasteiger partial charge in [0.25, 0.3) is 5.91 Å². The van der Waals surface area contributed by atoms with Crippen LogP contribution in [0.15, 0.2) is 53.6 Å². The van der Waals surface area contributed by atoms with Crippen LogP contribution < -0.4 is 10.7 Å². The summed E-state index contributed by atoms with van der Waals surface area (Å²) in [4.78, 5) is 11.9. The zero-order valence-electron chi connectivity index (χ0n) is 12.7. The molecule has 0 fully saturated rings. The van der Waals surface area contributed by atoms with E-state index in [4.69, 9.17) is 11.6 Å². The molecule has 2 aromatic carbocycles. The summed E-state index contributed by atoms with van der Waals surface area (Å²) in [6.45, 7) is 0. The molecule has 1 amide bonds. The lowest BCUT2D eigenvalue weighted by molar-refractivity contribution is 0.0952. The fourth-order valence-electron chi connectivity index (χ4n) is 1.87. The third kappa shape index (κ3) is 4.52. The molecule has 9 heteroatoms. The largest absolute Gasteiger partial charge is 0.507 e. The van der Waals surface area contributed by atoms with Crippen molar-refractivity contribution in [3.05, 3.63) is 64.1 Å². The van der Waals surface area contributed by atoms with Gasteiger partial charge < -0.3 is 10.4 Å². The molecule has 0 spiro atoms. The number of carbonyl (C=O) groups excluding carboxylic acids is 1. The molecule has 0 aliphatic carbocycles. The molecule has 0 saturated heterocycles. The topological polar surface area (TPSA) is 99.5 Å². The molecular formula is C16H12ClN5O2S. The van der Waals surface area contributed by atoms with E-state index < -0.39 is 5.91 Å². The van der Waals surface area contributed by atoms with E-state index in [0.29, 0.717) is 15.2 Å². The van der Waals surface area contributed by atoms with E-state index in [2.05, 4.69) is 26.0 Å². The number of halogens is 1. The molecule has 0 atom stereocenters. The molecule has 0 saturated carbocycles. The minimum absolute atomic E-state index is 0.111. The van der Waals surface area contributed by atoms with Crippen molar-refractivity contribution in [2.45, 2.75) is 0 Å². The Labute approximate surface area is 152 Å². The minimum atomic E-state index is -0.515. The van der Waals surface area contributed by atoms with Crippen LogP contribution >= 0.6 is 22.9 Å². The molecule has 0 bridgehead atoms. The number of amides is 1. The number of hydrogen-bond donors (Lipinski definition) is 3. The first-order chi connectivity index (χ1) is 12.1. The SMILES string of the molecule is O=C(N/N=C/c1nnc(Nc2ccc(Cl)cc2)s1)c1ccccc1O. The zero-order chi connectivity index (χ0) is 17.6. The summed E-state index contributed by atoms with van der Waals surface area (Å²) in [6.07, 6.45) is 1.38. The van der Waals surface area contributed by atoms with Gasteiger partial charge in [0.05, 0.1) is 11.8 Å². The molecule has 0 radical (unpaired) electrons. The number of hydrazone groups is 1. The molecular weight excluding hydrogens is 362 g/mol. The first kappa shape index (κ1) is 16.9. The van der Waals surface area contributed by atoms with Crippen LogP contribution in [0.5, 0.6) is 5.75 Å². The smallest absolute Gasteiger partial charge is 0.275 e. The van der Waals surface area contributed by atoms with Crippen molar-refractivity contribution in [2.24, 2.45) is 5.10 Å². The second-order valence-electron chi connectivity index (χ2n) is 4.79. The lowest BCUT2D eigenvalue weighted by Crippen LogP contribution is -2.17. The van der Waals surface area contributed by atoms with Gasteiger partial charge in [-0.2, -0.15) is 5.10 Å². The van der Waals surface area contributed by atoms with Gasteiger partial charge in [-0.3, -0.25) is 4.79 Å². The summed E-state index contributed by atoms with van der Waals surface area (Å²) in [5.74, 6) is -0.626. The van der Waals surface area contributed by atoms with E-state index in [-0.39, 0.29) is 11.3 Å². The molecule has 0 unspecified atom stereocenters. The maximum absolute atomic E-state index is 11.9. The molecule has 3 aromatic rings. The highest BCUT2D eigenvalue weighted by atomic mass is 35.5. The van der Waals surface area contributed by atoms with Gasteiger partial charge in [0.2, 0.25) is 5.13 Å². The summed E-state index contributed by atoms with van der Waals surface area (Å²) in [7, 11) is 0. The number of benzene rings is 2. The van der Waals surface area contributed by atoms with Gasteiger partial charge >= 0.3 is 0 Å². The average Bonchev–Trinajstić information content (AvgIpc) is 3.04. The van der Waals surface area contributed by atoms with Crippen LogP contribution in [0.2, 0.25) is 5.02 Å². The summed E-state index contributed by atoms with van der Waals surface area (Å²) in [5.41, 5.74) is 3.30. The lowest BCUT2D eigenvalue weighted by atomic mass is 10.2. The van der Waals surface area contributed by atoms with Crippen LogP contribution in [-0.2, 0) is 0 Å². The van der Waals surface area contributed by atoms with E-state index in [1.54, 1.807) is 24.3 Å². The van der Waals surface area contributed by atoms with Gasteiger partial charge in [0.1, 0.15) is 5.75 Å². The number of para-hydroxylation sites is 1. The number of rotatable bonds is 5. The Morgan fingerprint density at radius 2 is 1.92 bits per heavy atom. The van der Waals surface area contributed by atoms with Gasteiger partial charge in [-0.05, 0) is 36.4 Å². The fourth-order valence-corrected chi connectivity index (χ4v) is 2.63. The molecule has 1 aromatic heterocycles. The average molecular weight is 374 g/mol. The standard InChI is InChI=1S/C16H12ClN5O2S/c17-10-5-7-11(8-6-10)19-16-22-20-14(25-16)9-18-21-15(24)12-3-1-2-4-13(12)23/h1-9,23H,(H,19,22)(H,21,24)/b18-9+. The number of hydrogen-bond acceptors (Lipinski definition) is 7. The Hall–Kier alpha value is -2.97. The molecule has 3 rings (SSSR count). The molecule has 7 nitrogen and oxygen atoms in total. The number of aromatic nitrogens is 2. The van der Waals surface area contributed by atoms with E-state index >= 15 is 0 Å². The van der Waals surface area contributed by atoms with Crippen molar-refractivity contribution in [1.82, 2.24) is 15.6 Å². The van der Waals surface area contributed by atoms with E-state index in [1.807, 2.05) is 12.1 Å². The first-order valence-corrected chi connectivity index (χ1v) is 8.29. The number of phenolic OH excluding ortho intramolecular Hbond substituents is 1. The maximum atomic E-state index is 11.9. The van der Waals surface area contributed by atoms with Crippen LogP contribution in [0.3, 0.4) is 0 Å². The Morgan fingerprint density at radius 1 is 1.16 bits per heavy atom. The first-order valence-electron chi connectivity index (χ1n) is 7.09. The normalized spacial score (nSPS) is 10.8. The van der Waals surface area contributed by atoms with Crippen molar-refractivity contribution in [3.8, 4) is 5.75 Å². The van der Waals surface area contributed by atoms with Crippen LogP contribution in [0.4, 0.5) is 10.8 Å². The van der Waals surface area contributed by atoms with Crippen molar-refractivity contribution in [2.75, 3.05) is 5.32 Å². The third-order valence-corrected chi connectivity index (χ3v) is 4.05. The third-order valence-electron chi connectivity index (χ3n) is 3.03. The van der Waals surface area contributed by atoms with Gasteiger partial charge in [-0.1, -0.05) is 35.1 Å². The number of nitrogens with zero attached hydrogens (tertiary/aromatic N) is 3. The Bertz CT molecular complexity index is 911. The number of carbonyl (C=O) groups is 1. The Morgan fingerprint density at radius 3 is 2.68 bits per heavy atom. The van der Waals surface area contributed by atoms with Crippen LogP contribution in [-0.4, -0.2) is 27.4 Å². The monoisotopic (exact) mass is 373 g/mol. The lowest BCUT2D eigenvalue weighted by Gasteiger charge is -2.01. The molecule has 3 N–H and O–H groups in total. The zero-order valence-corrected chi connectivity index (χ0v) is 14.3. The molecule has 0 aliphatic rings. The number of phenols is 1. The Kier molecular flexibility index (Phi) is 5.22. The van der Waals surface area contributed by atoms with E-state index in [1.165, 1.54) is 29.7 Å². The Balaban J connectivity index is 1.59. The number of anilines is 2. The predicted molar refractivity (Wildman–Crippen MR) is 97.8 cm³/mol. The van der Waals surface area contributed by atoms with Crippen LogP contribution in [0.1, 0.15) is 15.4 Å². The van der Waals surface area contributed by atoms with Crippen LogP contribution in [0.25, 0.3) is 0 Å². The highest BCUT2D eigenvalue weighted by molar-refractivity contribution is 7.16. The number of nitrogens with one attached hydrogen (secondary N) is 2. The van der Waals surface area contributed by atoms with Gasteiger partial charge in [-0.25, -0.2) is 5.43 Å². The molecule has 0 aliphatic heterocycles. The second-order valence-corrected chi connectivity index (χ2v) is 6.24. The second kappa shape index (κ2) is 7.73. The summed E-state index contributed by atoms with van der Waals surface area (Å²) in [5, 5.41) is 26.2. The van der Waals surface area contributed by atoms with Crippen molar-refractivity contribution >= 4 is 45.9 Å². The summed E-state index contributed by atoms with van der Waals surface area (Å²) >= 11 is 7.10. The molecule has 126 valence electrons. The minimum Gasteiger partial charge on any atom is -0.507 e. The fraction of sp³-hybridized carbons (Fsp3) is 0. The quantitative estimate of drug-likeness (QED) is 0.470. The summed E-state index contributed by atoms with van der Waals surface area (Å²) in [6, 6.07) is 13.4. The highest BCUT2D eigenvalue weighted by Crippen LogP contribution is 2.21. The van der Waals surface area contributed by atoms with Gasteiger partial charge in [0.15, 0.2) is 5.01 Å². The maximum Gasteiger partial charge on any atom is 0.275 e. The molecule has 1 heterocycles. The van der Waals surface area contributed by atoms with E-state index in [9.17, 15) is 9.90 Å². The number of aromatic hydroxyl groups is 1. The molecule has 25 heavy (non-hydrogen) atoms. The predicted octanol–water partition coefficient (Wildman–Crippen LogP) is 3.40. The highest BCUT2D eigenvalue weighted by Gasteiger charge is 2.09. The summed E-state index contributed by atoms with van der Waals surface area (Å²) < 4.78 is 0. The van der Waals surface area contributed by atoms with Crippen molar-refractivity contribution in [3.63, 3.8) is 0 Å². The van der Waals surface area contributed by atoms with Gasteiger partial charge in [-0.15, -0.1) is 10.2 Å². The van der Waals surface area contributed by atoms with Crippen LogP contribution in [0, 0.1) is 0 Å².